The summed E-state index contributed by atoms with van der Waals surface area (Å²) in [6, 6.07) is 9.54. The predicted octanol–water partition coefficient (Wildman–Crippen LogP) is 3.90. The lowest BCUT2D eigenvalue weighted by molar-refractivity contribution is -0.148. The minimum absolute atomic E-state index is 0.0153. The van der Waals surface area contributed by atoms with Crippen molar-refractivity contribution < 1.29 is 19.2 Å². The van der Waals surface area contributed by atoms with Gasteiger partial charge in [-0.3, -0.25) is 19.2 Å². The van der Waals surface area contributed by atoms with Crippen molar-refractivity contribution >= 4 is 34.8 Å². The number of nitrogens with one attached hydrogen (secondary N) is 1. The molecule has 2 bridgehead atoms. The lowest BCUT2D eigenvalue weighted by Gasteiger charge is -2.48. The zero-order valence-electron chi connectivity index (χ0n) is 20.4. The number of amides is 3. The summed E-state index contributed by atoms with van der Waals surface area (Å²) in [5, 5.41) is 6.63. The Bertz CT molecular complexity index is 1100. The molecule has 3 fully saturated rings. The van der Waals surface area contributed by atoms with Crippen molar-refractivity contribution in [2.24, 2.45) is 5.92 Å². The van der Waals surface area contributed by atoms with Gasteiger partial charge in [0.2, 0.25) is 5.91 Å². The van der Waals surface area contributed by atoms with Crippen LogP contribution in [0.15, 0.2) is 47.2 Å². The molecule has 190 valence electrons. The second-order valence-electron chi connectivity index (χ2n) is 10.3. The van der Waals surface area contributed by atoms with Crippen LogP contribution in [0.4, 0.5) is 0 Å². The Hall–Kier alpha value is -3.00. The number of benzene rings is 1. The molecule has 1 N–H and O–H groups in total. The Balaban J connectivity index is 1.30. The number of hydrogen-bond acceptors (Lipinski definition) is 5. The molecule has 3 atom stereocenters. The van der Waals surface area contributed by atoms with Gasteiger partial charge in [0, 0.05) is 23.5 Å². The highest BCUT2D eigenvalue weighted by molar-refractivity contribution is 7.08. The molecule has 0 radical (unpaired) electrons. The standard InChI is InChI=1S/C28H33N3O4S/c32-25-17-31(27(34)20-9-5-2-6-10-20)22-11-13-30(24(25)16-22)28(35)23(15-19-7-3-1-4-8-19)29-26(33)21-12-14-36-18-21/h2,5-6,9-10,12,14,18-19,22-24H,1,3-4,7-8,11,13,15-17H2,(H,29,33)/t22-,23+,24?/m1/s1. The summed E-state index contributed by atoms with van der Waals surface area (Å²) >= 11 is 1.45. The molecule has 3 heterocycles. The van der Waals surface area contributed by atoms with Crippen molar-refractivity contribution in [2.75, 3.05) is 13.1 Å². The number of fused-ring (bicyclic) bond motifs is 2. The van der Waals surface area contributed by atoms with Crippen LogP contribution in [0.1, 0.15) is 72.1 Å². The number of rotatable bonds is 6. The van der Waals surface area contributed by atoms with Gasteiger partial charge in [-0.15, -0.1) is 0 Å². The van der Waals surface area contributed by atoms with Gasteiger partial charge in [-0.2, -0.15) is 11.3 Å². The maximum atomic E-state index is 13.8. The summed E-state index contributed by atoms with van der Waals surface area (Å²) in [6.45, 7) is 0.426. The molecule has 1 aliphatic carbocycles. The van der Waals surface area contributed by atoms with Crippen molar-refractivity contribution in [2.45, 2.75) is 69.5 Å². The van der Waals surface area contributed by atoms with Gasteiger partial charge in [-0.25, -0.2) is 0 Å². The second kappa shape index (κ2) is 10.9. The average Bonchev–Trinajstić information content (AvgIpc) is 3.46. The molecule has 1 aromatic carbocycles. The van der Waals surface area contributed by atoms with Crippen LogP contribution in [0.25, 0.3) is 0 Å². The average molecular weight is 508 g/mol. The van der Waals surface area contributed by atoms with Gasteiger partial charge in [0.25, 0.3) is 11.8 Å². The van der Waals surface area contributed by atoms with E-state index < -0.39 is 12.1 Å². The molecule has 2 saturated heterocycles. The minimum Gasteiger partial charge on any atom is -0.340 e. The Morgan fingerprint density at radius 1 is 0.972 bits per heavy atom. The number of hydrogen-bond donors (Lipinski definition) is 1. The molecule has 2 aromatic rings. The maximum absolute atomic E-state index is 13.8. The number of thiophene rings is 1. The van der Waals surface area contributed by atoms with E-state index in [-0.39, 0.29) is 36.1 Å². The fourth-order valence-corrected chi connectivity index (χ4v) is 6.63. The van der Waals surface area contributed by atoms with Crippen LogP contribution < -0.4 is 5.32 Å². The molecular weight excluding hydrogens is 474 g/mol. The highest BCUT2D eigenvalue weighted by Crippen LogP contribution is 2.32. The second-order valence-corrected chi connectivity index (χ2v) is 11.0. The highest BCUT2D eigenvalue weighted by atomic mass is 32.1. The molecular formula is C28H33N3O4S. The van der Waals surface area contributed by atoms with E-state index in [0.717, 1.165) is 25.7 Å². The van der Waals surface area contributed by atoms with Crippen LogP contribution in [-0.2, 0) is 9.59 Å². The molecule has 1 unspecified atom stereocenters. The van der Waals surface area contributed by atoms with Gasteiger partial charge in [0.15, 0.2) is 5.78 Å². The molecule has 3 aliphatic rings. The third kappa shape index (κ3) is 5.24. The van der Waals surface area contributed by atoms with E-state index in [9.17, 15) is 19.2 Å². The Labute approximate surface area is 215 Å². The van der Waals surface area contributed by atoms with Gasteiger partial charge in [-0.05, 0) is 48.8 Å². The van der Waals surface area contributed by atoms with Crippen molar-refractivity contribution in [3.05, 3.63) is 58.3 Å². The van der Waals surface area contributed by atoms with E-state index in [1.54, 1.807) is 33.4 Å². The summed E-state index contributed by atoms with van der Waals surface area (Å²) in [5.74, 6) is -0.248. The fraction of sp³-hybridized carbons (Fsp3) is 0.500. The molecule has 36 heavy (non-hydrogen) atoms. The van der Waals surface area contributed by atoms with E-state index in [0.29, 0.717) is 42.9 Å². The number of nitrogens with zero attached hydrogens (tertiary/aromatic N) is 2. The molecule has 1 aromatic heterocycles. The van der Waals surface area contributed by atoms with Gasteiger partial charge in [0.05, 0.1) is 18.2 Å². The largest absolute Gasteiger partial charge is 0.340 e. The first-order valence-electron chi connectivity index (χ1n) is 13.0. The first-order chi connectivity index (χ1) is 17.5. The quantitative estimate of drug-likeness (QED) is 0.643. The number of likely N-dealkylation sites (tertiary alicyclic amines) is 2. The van der Waals surface area contributed by atoms with Crippen molar-refractivity contribution in [1.29, 1.82) is 0 Å². The van der Waals surface area contributed by atoms with Crippen LogP contribution in [0.5, 0.6) is 0 Å². The normalized spacial score (nSPS) is 23.3. The number of carbonyl (C=O) groups excluding carboxylic acids is 4. The molecule has 7 nitrogen and oxygen atoms in total. The lowest BCUT2D eigenvalue weighted by atomic mass is 9.83. The third-order valence-electron chi connectivity index (χ3n) is 7.96. The summed E-state index contributed by atoms with van der Waals surface area (Å²) in [4.78, 5) is 56.4. The van der Waals surface area contributed by atoms with Crippen LogP contribution in [0.2, 0.25) is 0 Å². The zero-order chi connectivity index (χ0) is 25.1. The van der Waals surface area contributed by atoms with E-state index in [4.69, 9.17) is 0 Å². The number of ketones is 1. The van der Waals surface area contributed by atoms with Crippen LogP contribution >= 0.6 is 11.3 Å². The molecule has 5 rings (SSSR count). The minimum atomic E-state index is -0.645. The first-order valence-corrected chi connectivity index (χ1v) is 14.0. The SMILES string of the molecule is O=C(N[C@@H](CC1CCCCC1)C(=O)N1CC[C@@H]2CC1C(=O)CN2C(=O)c1ccccc1)c1ccsc1. The topological polar surface area (TPSA) is 86.8 Å². The fourth-order valence-electron chi connectivity index (χ4n) is 6.00. The van der Waals surface area contributed by atoms with Crippen LogP contribution in [-0.4, -0.2) is 64.5 Å². The summed E-state index contributed by atoms with van der Waals surface area (Å²) in [5.41, 5.74) is 1.13. The number of carbonyl (C=O) groups is 4. The number of Topliss-reactive ketones (excluding diaryl/α,β-unsaturated/α-hetero) is 1. The van der Waals surface area contributed by atoms with E-state index >= 15 is 0 Å². The van der Waals surface area contributed by atoms with E-state index in [1.165, 1.54) is 17.8 Å². The lowest BCUT2D eigenvalue weighted by Crippen LogP contribution is -2.65. The van der Waals surface area contributed by atoms with E-state index in [1.807, 2.05) is 23.6 Å². The summed E-state index contributed by atoms with van der Waals surface area (Å²) in [7, 11) is 0. The van der Waals surface area contributed by atoms with Gasteiger partial charge in [0.1, 0.15) is 6.04 Å². The van der Waals surface area contributed by atoms with Gasteiger partial charge < -0.3 is 15.1 Å². The number of piperidine rings is 2. The first kappa shape index (κ1) is 24.7. The van der Waals surface area contributed by atoms with Gasteiger partial charge >= 0.3 is 0 Å². The molecule has 2 aliphatic heterocycles. The van der Waals surface area contributed by atoms with E-state index in [2.05, 4.69) is 5.32 Å². The van der Waals surface area contributed by atoms with Gasteiger partial charge in [-0.1, -0.05) is 50.3 Å². The highest BCUT2D eigenvalue weighted by Gasteiger charge is 2.46. The molecule has 0 spiro atoms. The molecule has 3 amide bonds. The monoisotopic (exact) mass is 507 g/mol. The smallest absolute Gasteiger partial charge is 0.254 e. The summed E-state index contributed by atoms with van der Waals surface area (Å²) < 4.78 is 0. The maximum Gasteiger partial charge on any atom is 0.254 e. The van der Waals surface area contributed by atoms with Crippen molar-refractivity contribution in [3.63, 3.8) is 0 Å². The Morgan fingerprint density at radius 2 is 1.75 bits per heavy atom. The Kier molecular flexibility index (Phi) is 7.51. The van der Waals surface area contributed by atoms with Crippen molar-refractivity contribution in [1.82, 2.24) is 15.1 Å². The summed E-state index contributed by atoms with van der Waals surface area (Å²) in [6.07, 6.45) is 7.36. The van der Waals surface area contributed by atoms with Crippen LogP contribution in [0, 0.1) is 5.92 Å². The predicted molar refractivity (Wildman–Crippen MR) is 138 cm³/mol. The third-order valence-corrected chi connectivity index (χ3v) is 8.64. The molecule has 8 heteroatoms. The van der Waals surface area contributed by atoms with Crippen molar-refractivity contribution in [3.8, 4) is 0 Å². The Morgan fingerprint density at radius 3 is 2.47 bits per heavy atom. The zero-order valence-corrected chi connectivity index (χ0v) is 21.3. The molecule has 1 saturated carbocycles. The van der Waals surface area contributed by atoms with Crippen LogP contribution in [0.3, 0.4) is 0 Å².